The SMILES string of the molecule is CCC1SC2(CCNCC2)NC1=O. The van der Waals surface area contributed by atoms with Crippen LogP contribution in [0.5, 0.6) is 0 Å². The average Bonchev–Trinajstić information content (AvgIpc) is 2.44. The van der Waals surface area contributed by atoms with Crippen LogP contribution in [0.25, 0.3) is 0 Å². The van der Waals surface area contributed by atoms with Gasteiger partial charge in [0.25, 0.3) is 0 Å². The normalized spacial score (nSPS) is 32.1. The first-order valence-electron chi connectivity index (χ1n) is 4.96. The molecule has 1 amide bonds. The van der Waals surface area contributed by atoms with E-state index in [-0.39, 0.29) is 16.0 Å². The van der Waals surface area contributed by atoms with Crippen LogP contribution in [0.1, 0.15) is 26.2 Å². The lowest BCUT2D eigenvalue weighted by Crippen LogP contribution is -2.47. The van der Waals surface area contributed by atoms with E-state index in [2.05, 4.69) is 17.6 Å². The summed E-state index contributed by atoms with van der Waals surface area (Å²) >= 11 is 1.84. The molecule has 3 nitrogen and oxygen atoms in total. The quantitative estimate of drug-likeness (QED) is 0.655. The summed E-state index contributed by atoms with van der Waals surface area (Å²) in [5.41, 5.74) is 0. The molecule has 0 radical (unpaired) electrons. The van der Waals surface area contributed by atoms with Crippen molar-refractivity contribution in [3.05, 3.63) is 0 Å². The van der Waals surface area contributed by atoms with Crippen molar-refractivity contribution in [1.29, 1.82) is 0 Å². The Bertz CT molecular complexity index is 214. The Morgan fingerprint density at radius 1 is 1.54 bits per heavy atom. The first-order valence-corrected chi connectivity index (χ1v) is 5.84. The van der Waals surface area contributed by atoms with Gasteiger partial charge in [-0.3, -0.25) is 4.79 Å². The summed E-state index contributed by atoms with van der Waals surface area (Å²) < 4.78 is 0. The minimum absolute atomic E-state index is 0.0724. The van der Waals surface area contributed by atoms with Gasteiger partial charge in [0.2, 0.25) is 5.91 Å². The Balaban J connectivity index is 2.05. The van der Waals surface area contributed by atoms with Crippen LogP contribution in [0.2, 0.25) is 0 Å². The fraction of sp³-hybridized carbons (Fsp3) is 0.889. The highest BCUT2D eigenvalue weighted by atomic mass is 32.2. The van der Waals surface area contributed by atoms with Gasteiger partial charge >= 0.3 is 0 Å². The van der Waals surface area contributed by atoms with E-state index in [1.807, 2.05) is 11.8 Å². The van der Waals surface area contributed by atoms with Crippen LogP contribution in [-0.4, -0.2) is 29.1 Å². The van der Waals surface area contributed by atoms with Gasteiger partial charge in [0.1, 0.15) is 0 Å². The third-order valence-electron chi connectivity index (χ3n) is 2.79. The van der Waals surface area contributed by atoms with Crippen molar-refractivity contribution < 1.29 is 4.79 Å². The predicted molar refractivity (Wildman–Crippen MR) is 54.6 cm³/mol. The molecule has 13 heavy (non-hydrogen) atoms. The second-order valence-electron chi connectivity index (χ2n) is 3.75. The number of carbonyl (C=O) groups excluding carboxylic acids is 1. The smallest absolute Gasteiger partial charge is 0.234 e. The Labute approximate surface area is 83.0 Å². The largest absolute Gasteiger partial charge is 0.341 e. The van der Waals surface area contributed by atoms with Gasteiger partial charge in [0.05, 0.1) is 10.1 Å². The zero-order chi connectivity index (χ0) is 9.31. The highest BCUT2D eigenvalue weighted by Gasteiger charge is 2.44. The summed E-state index contributed by atoms with van der Waals surface area (Å²) in [6.45, 7) is 4.14. The number of carbonyl (C=O) groups is 1. The van der Waals surface area contributed by atoms with Gasteiger partial charge in [-0.1, -0.05) is 6.92 Å². The van der Waals surface area contributed by atoms with Gasteiger partial charge in [-0.15, -0.1) is 11.8 Å². The summed E-state index contributed by atoms with van der Waals surface area (Å²) in [4.78, 5) is 11.6. The number of thioether (sulfide) groups is 1. The summed E-state index contributed by atoms with van der Waals surface area (Å²) in [6, 6.07) is 0. The number of hydrogen-bond acceptors (Lipinski definition) is 3. The molecule has 2 aliphatic rings. The zero-order valence-corrected chi connectivity index (χ0v) is 8.75. The third kappa shape index (κ3) is 1.70. The summed E-state index contributed by atoms with van der Waals surface area (Å²) in [5, 5.41) is 6.67. The van der Waals surface area contributed by atoms with Gasteiger partial charge in [0.15, 0.2) is 0 Å². The molecule has 2 heterocycles. The van der Waals surface area contributed by atoms with Crippen molar-refractivity contribution in [3.63, 3.8) is 0 Å². The Morgan fingerprint density at radius 2 is 2.23 bits per heavy atom. The maximum absolute atomic E-state index is 11.5. The highest BCUT2D eigenvalue weighted by Crippen LogP contribution is 2.40. The van der Waals surface area contributed by atoms with Crippen molar-refractivity contribution in [2.75, 3.05) is 13.1 Å². The molecular weight excluding hydrogens is 184 g/mol. The van der Waals surface area contributed by atoms with Crippen molar-refractivity contribution in [1.82, 2.24) is 10.6 Å². The summed E-state index contributed by atoms with van der Waals surface area (Å²) in [5.74, 6) is 0.245. The van der Waals surface area contributed by atoms with Crippen LogP contribution in [0.15, 0.2) is 0 Å². The van der Waals surface area contributed by atoms with Gasteiger partial charge in [-0.25, -0.2) is 0 Å². The molecule has 2 N–H and O–H groups in total. The van der Waals surface area contributed by atoms with E-state index in [4.69, 9.17) is 0 Å². The first-order chi connectivity index (χ1) is 6.26. The molecule has 74 valence electrons. The summed E-state index contributed by atoms with van der Waals surface area (Å²) in [6.07, 6.45) is 3.09. The number of hydrogen-bond donors (Lipinski definition) is 2. The lowest BCUT2D eigenvalue weighted by Gasteiger charge is -2.32. The molecule has 1 spiro atoms. The molecule has 0 aromatic carbocycles. The molecule has 0 bridgehead atoms. The average molecular weight is 200 g/mol. The van der Waals surface area contributed by atoms with Crippen molar-refractivity contribution in [3.8, 4) is 0 Å². The van der Waals surface area contributed by atoms with Gasteiger partial charge < -0.3 is 10.6 Å². The maximum atomic E-state index is 11.5. The molecule has 2 aliphatic heterocycles. The lowest BCUT2D eigenvalue weighted by molar-refractivity contribution is -0.120. The van der Waals surface area contributed by atoms with E-state index in [9.17, 15) is 4.79 Å². The second-order valence-corrected chi connectivity index (χ2v) is 5.33. The van der Waals surface area contributed by atoms with Crippen LogP contribution in [0.3, 0.4) is 0 Å². The fourth-order valence-corrected chi connectivity index (χ4v) is 3.48. The molecule has 0 saturated carbocycles. The van der Waals surface area contributed by atoms with Crippen molar-refractivity contribution >= 4 is 17.7 Å². The Kier molecular flexibility index (Phi) is 2.51. The molecule has 1 atom stereocenters. The number of piperidine rings is 1. The van der Waals surface area contributed by atoms with Gasteiger partial charge in [-0.2, -0.15) is 0 Å². The number of nitrogens with one attached hydrogen (secondary N) is 2. The molecule has 1 unspecified atom stereocenters. The topological polar surface area (TPSA) is 41.1 Å². The third-order valence-corrected chi connectivity index (χ3v) is 4.59. The number of rotatable bonds is 1. The van der Waals surface area contributed by atoms with E-state index in [0.29, 0.717) is 0 Å². The lowest BCUT2D eigenvalue weighted by atomic mass is 10.1. The van der Waals surface area contributed by atoms with Crippen molar-refractivity contribution in [2.45, 2.75) is 36.3 Å². The highest BCUT2D eigenvalue weighted by molar-refractivity contribution is 8.02. The molecule has 0 aliphatic carbocycles. The molecule has 2 fully saturated rings. The standard InChI is InChI=1S/C9H16N2OS/c1-2-7-8(12)11-9(13-7)3-5-10-6-4-9/h7,10H,2-6H2,1H3,(H,11,12). The minimum Gasteiger partial charge on any atom is -0.341 e. The maximum Gasteiger partial charge on any atom is 0.234 e. The van der Waals surface area contributed by atoms with Gasteiger partial charge in [0, 0.05) is 0 Å². The molecule has 4 heteroatoms. The van der Waals surface area contributed by atoms with E-state index in [0.717, 1.165) is 32.4 Å². The summed E-state index contributed by atoms with van der Waals surface area (Å²) in [7, 11) is 0. The Morgan fingerprint density at radius 3 is 2.77 bits per heavy atom. The molecule has 2 rings (SSSR count). The Hall–Kier alpha value is -0.220. The molecule has 2 saturated heterocycles. The van der Waals surface area contributed by atoms with Crippen molar-refractivity contribution in [2.24, 2.45) is 0 Å². The van der Waals surface area contributed by atoms with E-state index < -0.39 is 0 Å². The molecular formula is C9H16N2OS. The number of amides is 1. The zero-order valence-electron chi connectivity index (χ0n) is 7.93. The monoisotopic (exact) mass is 200 g/mol. The van der Waals surface area contributed by atoms with E-state index in [1.165, 1.54) is 0 Å². The van der Waals surface area contributed by atoms with E-state index in [1.54, 1.807) is 0 Å². The predicted octanol–water partition coefficient (Wildman–Crippen LogP) is 0.708. The molecule has 0 aromatic rings. The van der Waals surface area contributed by atoms with Crippen LogP contribution >= 0.6 is 11.8 Å². The van der Waals surface area contributed by atoms with Crippen LogP contribution in [0.4, 0.5) is 0 Å². The fourth-order valence-electron chi connectivity index (χ4n) is 2.00. The second kappa shape index (κ2) is 3.50. The van der Waals surface area contributed by atoms with Crippen LogP contribution in [0, 0.1) is 0 Å². The van der Waals surface area contributed by atoms with Gasteiger partial charge in [-0.05, 0) is 32.4 Å². The minimum atomic E-state index is 0.0724. The first kappa shape index (κ1) is 9.34. The van der Waals surface area contributed by atoms with Crippen LogP contribution < -0.4 is 10.6 Å². The van der Waals surface area contributed by atoms with Crippen LogP contribution in [-0.2, 0) is 4.79 Å². The molecule has 0 aromatic heterocycles. The van der Waals surface area contributed by atoms with E-state index >= 15 is 0 Å².